The van der Waals surface area contributed by atoms with Crippen LogP contribution < -0.4 is 16.0 Å². The van der Waals surface area contributed by atoms with Crippen LogP contribution >= 0.6 is 0 Å². The van der Waals surface area contributed by atoms with Crippen LogP contribution in [0.5, 0.6) is 0 Å². The van der Waals surface area contributed by atoms with Gasteiger partial charge in [-0.2, -0.15) is 0 Å². The molecule has 6 rings (SSSR count). The van der Waals surface area contributed by atoms with E-state index in [0.29, 0.717) is 12.8 Å². The Morgan fingerprint density at radius 2 is 0.709 bits per heavy atom. The first-order valence-electron chi connectivity index (χ1n) is 43.5. The maximum absolute atomic E-state index is 13.6. The van der Waals surface area contributed by atoms with E-state index in [0.717, 1.165) is 71.6 Å². The highest BCUT2D eigenvalue weighted by atomic mass is 16.8. The lowest BCUT2D eigenvalue weighted by Crippen LogP contribution is -2.71. The lowest BCUT2D eigenvalue weighted by atomic mass is 9.93. The normalized spacial score (nSPS) is 36.2. The van der Waals surface area contributed by atoms with Gasteiger partial charge in [-0.05, 0) is 51.9 Å². The smallest absolute Gasteiger partial charge is 0.220 e. The van der Waals surface area contributed by atoms with Crippen molar-refractivity contribution in [3.05, 3.63) is 24.3 Å². The Labute approximate surface area is 689 Å². The number of amides is 3. The zero-order chi connectivity index (χ0) is 85.5. The Hall–Kier alpha value is -3.27. The number of allylic oxidation sites excluding steroid dienone is 3. The maximum Gasteiger partial charge on any atom is 0.220 e. The molecule has 6 aliphatic rings. The number of aliphatic hydroxyl groups is 17. The minimum atomic E-state index is -2.29. The fourth-order valence-corrected chi connectivity index (χ4v) is 15.8. The molecule has 35 nitrogen and oxygen atoms in total. The number of hydrogen-bond donors (Lipinski definition) is 20. The van der Waals surface area contributed by atoms with E-state index in [2.05, 4.69) is 41.9 Å². The van der Waals surface area contributed by atoms with Gasteiger partial charge in [0.1, 0.15) is 140 Å². The molecular weight excluding hydrogens is 1540 g/mol. The molecule has 0 aromatic rings. The number of hydrogen-bond acceptors (Lipinski definition) is 32. The average Bonchev–Trinajstić information content (AvgIpc) is 0.778. The molecule has 0 aromatic carbocycles. The molecule has 0 aliphatic carbocycles. The van der Waals surface area contributed by atoms with Crippen molar-refractivity contribution in [2.24, 2.45) is 0 Å². The van der Waals surface area contributed by atoms with Crippen molar-refractivity contribution in [3.8, 4) is 0 Å². The van der Waals surface area contributed by atoms with E-state index in [1.165, 1.54) is 135 Å². The number of nitrogens with one attached hydrogen (secondary N) is 3. The second kappa shape index (κ2) is 55.9. The number of carbonyl (C=O) groups is 3. The van der Waals surface area contributed by atoms with Gasteiger partial charge in [0.2, 0.25) is 17.7 Å². The van der Waals surface area contributed by atoms with Gasteiger partial charge in [-0.1, -0.05) is 192 Å². The largest absolute Gasteiger partial charge is 0.394 e. The Morgan fingerprint density at radius 3 is 1.18 bits per heavy atom. The monoisotopic (exact) mass is 1690 g/mol. The lowest BCUT2D eigenvalue weighted by Gasteiger charge is -2.52. The first kappa shape index (κ1) is 103. The maximum atomic E-state index is 13.6. The Morgan fingerprint density at radius 1 is 0.350 bits per heavy atom. The van der Waals surface area contributed by atoms with Crippen LogP contribution in [0.25, 0.3) is 0 Å². The summed E-state index contributed by atoms with van der Waals surface area (Å²) < 4.78 is 72.6. The van der Waals surface area contributed by atoms with Gasteiger partial charge in [0, 0.05) is 20.3 Å². The number of rotatable bonds is 56. The predicted octanol–water partition coefficient (Wildman–Crippen LogP) is 0.720. The Balaban J connectivity index is 1.14. The molecule has 35 heteroatoms. The topological polar surface area (TPSA) is 542 Å². The molecule has 0 radical (unpaired) electrons. The average molecular weight is 1690 g/mol. The molecule has 20 N–H and O–H groups in total. The molecule has 12 unspecified atom stereocenters. The zero-order valence-electron chi connectivity index (χ0n) is 69.4. The number of unbranched alkanes of at least 4 members (excludes halogenated alkanes) is 28. The fraction of sp³-hybridized carbons (Fsp3) is 0.915. The van der Waals surface area contributed by atoms with Crippen LogP contribution in [0.1, 0.15) is 240 Å². The summed E-state index contributed by atoms with van der Waals surface area (Å²) in [6.45, 7) is 2.24. The van der Waals surface area contributed by atoms with Crippen molar-refractivity contribution >= 4 is 17.7 Å². The summed E-state index contributed by atoms with van der Waals surface area (Å²) in [5.41, 5.74) is 0. The molecule has 6 fully saturated rings. The third-order valence-electron chi connectivity index (χ3n) is 22.8. The summed E-state index contributed by atoms with van der Waals surface area (Å²) >= 11 is 0. The highest BCUT2D eigenvalue weighted by Crippen LogP contribution is 2.39. The van der Waals surface area contributed by atoms with E-state index >= 15 is 0 Å². The van der Waals surface area contributed by atoms with E-state index in [4.69, 9.17) is 56.8 Å². The SMILES string of the molecule is CCCCCCCC/C=C\CCCCCCCCCCCCCC(=O)N[C@@H](CO[C@@H]1OC(CO)[C@@H](O[C@@H]2OC(CO)[C@H](O)[C@H](O[C@@H]3OC(CO)[C@@H](O[C@H]4OC(C)[C@@H](O)C(O)[C@@H]4O)[C@H](O[C@@H]4OC(CO)[C@H](O)[C@H](O[C@@H]5OC(CO)[C@@H](O)[C@H](O)C5NC(C)=O)C4O)C3NC(C)=O)C2O)[C@H](O)C1O)[C@H](O)/C=C/CCCCCCCCCCCCC. The van der Waals surface area contributed by atoms with E-state index in [1.54, 1.807) is 6.08 Å². The van der Waals surface area contributed by atoms with E-state index in [-0.39, 0.29) is 12.3 Å². The molecule has 0 aromatic heterocycles. The molecule has 117 heavy (non-hydrogen) atoms. The highest BCUT2D eigenvalue weighted by molar-refractivity contribution is 5.76. The van der Waals surface area contributed by atoms with Crippen molar-refractivity contribution in [1.29, 1.82) is 0 Å². The van der Waals surface area contributed by atoms with E-state index < -0.39 is 248 Å². The number of aliphatic hydroxyl groups excluding tert-OH is 17. The standard InChI is InChI=1S/C82H147N3O32/c1-6-8-10-12-14-16-18-20-21-22-23-24-25-26-27-29-31-33-35-37-39-41-58(94)85-51(52(93)40-38-36-34-32-30-28-19-17-15-13-11-9-7-2)47-106-79-69(103)67(101)72(56(45-89)112-79)113-81-70(104)76(64(98)54(43-87)109-81)117-78-60(84-50(5)92)74(73(57(46-90)111-78)114-80-68(102)66(100)61(95)48(3)107-80)115-82-71(105)75(63(97)55(44-88)110-82)116-77-59(83-49(4)91)65(99)62(96)53(42-86)108-77/h20-21,38,40,48,51-57,59-82,86-90,93,95-105H,6-19,22-37,39,41-47H2,1-5H3,(H,83,91)(H,84,92)(H,85,94)/b21-20-,40-38+/t48?,51-,52+,53?,54?,55?,56?,57?,59?,60?,61+,62+,63-,64-,65+,66?,67+,68-,69?,70?,71?,72+,73+,74+,75-,76-,77-,78-,79+,80+,81-,82-/m0/s1. The second-order valence-electron chi connectivity index (χ2n) is 32.4. The van der Waals surface area contributed by atoms with E-state index in [1.807, 2.05) is 6.08 Å². The van der Waals surface area contributed by atoms with Crippen LogP contribution in [-0.4, -0.2) is 340 Å². The van der Waals surface area contributed by atoms with Crippen LogP contribution in [-0.2, 0) is 71.2 Å². The molecule has 0 saturated carbocycles. The van der Waals surface area contributed by atoms with Crippen molar-refractivity contribution < 1.29 is 158 Å². The third-order valence-corrected chi connectivity index (χ3v) is 22.8. The van der Waals surface area contributed by atoms with Crippen LogP contribution in [0.2, 0.25) is 0 Å². The summed E-state index contributed by atoms with van der Waals surface area (Å²) in [6.07, 6.45) is -11.5. The number of ether oxygens (including phenoxy) is 12. The van der Waals surface area contributed by atoms with Crippen LogP contribution in [0, 0.1) is 0 Å². The summed E-state index contributed by atoms with van der Waals surface area (Å²) in [5, 5.41) is 199. The molecule has 6 heterocycles. The van der Waals surface area contributed by atoms with Crippen molar-refractivity contribution in [2.75, 3.05) is 39.6 Å². The molecule has 3 amide bonds. The van der Waals surface area contributed by atoms with Gasteiger partial charge in [-0.15, -0.1) is 0 Å². The van der Waals surface area contributed by atoms with E-state index in [9.17, 15) is 101 Å². The Kier molecular flexibility index (Phi) is 48.9. The second-order valence-corrected chi connectivity index (χ2v) is 32.4. The quantitative estimate of drug-likeness (QED) is 0.0295. The van der Waals surface area contributed by atoms with Gasteiger partial charge >= 0.3 is 0 Å². The van der Waals surface area contributed by atoms with Gasteiger partial charge in [0.05, 0.1) is 57.9 Å². The van der Waals surface area contributed by atoms with Crippen LogP contribution in [0.3, 0.4) is 0 Å². The molecule has 6 aliphatic heterocycles. The van der Waals surface area contributed by atoms with Crippen molar-refractivity contribution in [1.82, 2.24) is 16.0 Å². The van der Waals surface area contributed by atoms with Crippen molar-refractivity contribution in [2.45, 2.75) is 436 Å². The number of carbonyl (C=O) groups excluding carboxylic acids is 3. The summed E-state index contributed by atoms with van der Waals surface area (Å²) in [5.74, 6) is -2.05. The van der Waals surface area contributed by atoms with Gasteiger partial charge in [-0.25, -0.2) is 0 Å². The molecule has 32 atom stereocenters. The third kappa shape index (κ3) is 32.7. The van der Waals surface area contributed by atoms with Gasteiger partial charge < -0.3 is 160 Å². The van der Waals surface area contributed by atoms with Gasteiger partial charge in [-0.3, -0.25) is 14.4 Å². The van der Waals surface area contributed by atoms with Gasteiger partial charge in [0.15, 0.2) is 37.7 Å². The summed E-state index contributed by atoms with van der Waals surface area (Å²) in [7, 11) is 0. The predicted molar refractivity (Wildman–Crippen MR) is 420 cm³/mol. The summed E-state index contributed by atoms with van der Waals surface area (Å²) in [4.78, 5) is 39.5. The molecule has 0 bridgehead atoms. The summed E-state index contributed by atoms with van der Waals surface area (Å²) in [6, 6.07) is -4.67. The van der Waals surface area contributed by atoms with Crippen LogP contribution in [0.15, 0.2) is 24.3 Å². The molecule has 0 spiro atoms. The fourth-order valence-electron chi connectivity index (χ4n) is 15.8. The van der Waals surface area contributed by atoms with Crippen LogP contribution in [0.4, 0.5) is 0 Å². The lowest BCUT2D eigenvalue weighted by molar-refractivity contribution is -0.395. The minimum absolute atomic E-state index is 0.162. The molecule has 682 valence electrons. The molecule has 6 saturated heterocycles. The Bertz CT molecular complexity index is 2740. The minimum Gasteiger partial charge on any atom is -0.394 e. The van der Waals surface area contributed by atoms with Gasteiger partial charge in [0.25, 0.3) is 0 Å². The molecular formula is C82H147N3O32. The first-order chi connectivity index (χ1) is 56.3. The first-order valence-corrected chi connectivity index (χ1v) is 43.5. The van der Waals surface area contributed by atoms with Crippen molar-refractivity contribution in [3.63, 3.8) is 0 Å². The highest BCUT2D eigenvalue weighted by Gasteiger charge is 2.59. The zero-order valence-corrected chi connectivity index (χ0v) is 69.4.